The monoisotopic (exact) mass is 349 g/mol. The minimum absolute atomic E-state index is 0.0924. The molecule has 1 aromatic heterocycles. The Morgan fingerprint density at radius 3 is 2.60 bits per heavy atom. The van der Waals surface area contributed by atoms with Gasteiger partial charge in [-0.05, 0) is 32.6 Å². The van der Waals surface area contributed by atoms with Crippen LogP contribution in [0.3, 0.4) is 0 Å². The third kappa shape index (κ3) is 3.78. The van der Waals surface area contributed by atoms with E-state index in [4.69, 9.17) is 5.10 Å². The molecule has 1 aromatic rings. The number of aliphatic hydroxyl groups excluding tert-OH is 1. The van der Waals surface area contributed by atoms with Crippen LogP contribution in [0.5, 0.6) is 0 Å². The fraction of sp³-hybridized carbons (Fsp3) is 0.684. The van der Waals surface area contributed by atoms with Crippen molar-refractivity contribution in [2.45, 2.75) is 64.1 Å². The summed E-state index contributed by atoms with van der Waals surface area (Å²) in [7, 11) is 0. The van der Waals surface area contributed by atoms with Gasteiger partial charge in [-0.2, -0.15) is 5.10 Å². The van der Waals surface area contributed by atoms with Gasteiger partial charge in [-0.15, -0.1) is 0 Å². The summed E-state index contributed by atoms with van der Waals surface area (Å²) in [5.74, 6) is 0.0924. The molecule has 1 aliphatic heterocycles. The normalized spacial score (nSPS) is 20.0. The van der Waals surface area contributed by atoms with Crippen LogP contribution in [-0.2, 0) is 24.2 Å². The fourth-order valence-electron chi connectivity index (χ4n) is 3.91. The molecular formula is C19H28FN3O2. The summed E-state index contributed by atoms with van der Waals surface area (Å²) in [4.78, 5) is 13.7. The Kier molecular flexibility index (Phi) is 5.27. The Balaban J connectivity index is 1.85. The van der Waals surface area contributed by atoms with Crippen molar-refractivity contribution in [1.82, 2.24) is 14.7 Å². The zero-order valence-electron chi connectivity index (χ0n) is 15.1. The highest BCUT2D eigenvalue weighted by Gasteiger charge is 2.35. The van der Waals surface area contributed by atoms with Crippen molar-refractivity contribution in [2.75, 3.05) is 19.7 Å². The van der Waals surface area contributed by atoms with Crippen molar-refractivity contribution < 1.29 is 14.3 Å². The van der Waals surface area contributed by atoms with E-state index >= 15 is 0 Å². The van der Waals surface area contributed by atoms with Crippen molar-refractivity contribution in [3.05, 3.63) is 23.5 Å². The molecule has 25 heavy (non-hydrogen) atoms. The number of nitrogens with zero attached hydrogens (tertiary/aromatic N) is 3. The van der Waals surface area contributed by atoms with Gasteiger partial charge in [-0.3, -0.25) is 9.48 Å². The fourth-order valence-corrected chi connectivity index (χ4v) is 3.91. The molecule has 1 saturated heterocycles. The van der Waals surface area contributed by atoms with Crippen molar-refractivity contribution in [3.63, 3.8) is 0 Å². The zero-order chi connectivity index (χ0) is 18.0. The maximum absolute atomic E-state index is 14.3. The third-order valence-corrected chi connectivity index (χ3v) is 5.48. The maximum atomic E-state index is 14.3. The molecule has 0 unspecified atom stereocenters. The molecule has 5 nitrogen and oxygen atoms in total. The summed E-state index contributed by atoms with van der Waals surface area (Å²) < 4.78 is 16.1. The van der Waals surface area contributed by atoms with E-state index in [0.717, 1.165) is 42.8 Å². The van der Waals surface area contributed by atoms with Gasteiger partial charge < -0.3 is 10.0 Å². The van der Waals surface area contributed by atoms with Crippen LogP contribution in [0.1, 0.15) is 56.0 Å². The standard InChI is InChI=1S/C19H28FN3O2/c1-14(25)12-23-17-7-5-3-4-6-16(17)18(21-23)15(2)22-10-8-19(20,13-24)9-11-22/h24H,2-13H2,1H3. The summed E-state index contributed by atoms with van der Waals surface area (Å²) in [6, 6.07) is 0. The molecule has 0 bridgehead atoms. The Labute approximate surface area is 148 Å². The van der Waals surface area contributed by atoms with Gasteiger partial charge in [0, 0.05) is 37.2 Å². The van der Waals surface area contributed by atoms with Crippen LogP contribution in [0, 0.1) is 0 Å². The first kappa shape index (κ1) is 18.1. The van der Waals surface area contributed by atoms with Crippen LogP contribution in [0.25, 0.3) is 5.70 Å². The molecule has 2 aliphatic rings. The Hall–Kier alpha value is -1.69. The van der Waals surface area contributed by atoms with Gasteiger partial charge in [0.05, 0.1) is 18.8 Å². The molecule has 3 rings (SSSR count). The van der Waals surface area contributed by atoms with Crippen LogP contribution in [-0.4, -0.2) is 50.9 Å². The van der Waals surface area contributed by atoms with Crippen LogP contribution >= 0.6 is 0 Å². The zero-order valence-corrected chi connectivity index (χ0v) is 15.1. The van der Waals surface area contributed by atoms with E-state index in [1.807, 2.05) is 4.68 Å². The number of ketones is 1. The highest BCUT2D eigenvalue weighted by molar-refractivity contribution is 5.75. The van der Waals surface area contributed by atoms with Gasteiger partial charge in [0.1, 0.15) is 11.4 Å². The quantitative estimate of drug-likeness (QED) is 0.830. The predicted octanol–water partition coefficient (Wildman–Crippen LogP) is 2.51. The Morgan fingerprint density at radius 2 is 1.96 bits per heavy atom. The number of hydrogen-bond acceptors (Lipinski definition) is 4. The van der Waals surface area contributed by atoms with Crippen LogP contribution in [0.2, 0.25) is 0 Å². The second-order valence-electron chi connectivity index (χ2n) is 7.44. The minimum atomic E-state index is -1.47. The number of likely N-dealkylation sites (tertiary alicyclic amines) is 1. The number of Topliss-reactive ketones (excluding diaryl/α,β-unsaturated/α-hetero) is 1. The van der Waals surface area contributed by atoms with Gasteiger partial charge in [0.15, 0.2) is 5.78 Å². The van der Waals surface area contributed by atoms with Crippen LogP contribution in [0.4, 0.5) is 4.39 Å². The van der Waals surface area contributed by atoms with Gasteiger partial charge in [0.2, 0.25) is 0 Å². The molecule has 0 atom stereocenters. The van der Waals surface area contributed by atoms with E-state index in [2.05, 4.69) is 11.5 Å². The van der Waals surface area contributed by atoms with E-state index in [1.54, 1.807) is 6.92 Å². The highest BCUT2D eigenvalue weighted by Crippen LogP contribution is 2.33. The number of hydrogen-bond donors (Lipinski definition) is 1. The molecular weight excluding hydrogens is 321 g/mol. The predicted molar refractivity (Wildman–Crippen MR) is 94.9 cm³/mol. The van der Waals surface area contributed by atoms with Crippen molar-refractivity contribution in [1.29, 1.82) is 0 Å². The number of piperidine rings is 1. The van der Waals surface area contributed by atoms with E-state index < -0.39 is 12.3 Å². The number of aromatic nitrogens is 2. The molecule has 138 valence electrons. The molecule has 2 heterocycles. The Morgan fingerprint density at radius 1 is 1.28 bits per heavy atom. The second kappa shape index (κ2) is 7.28. The summed E-state index contributed by atoms with van der Waals surface area (Å²) in [6.07, 6.45) is 5.94. The van der Waals surface area contributed by atoms with Gasteiger partial charge >= 0.3 is 0 Å². The number of aliphatic hydroxyl groups is 1. The smallest absolute Gasteiger partial charge is 0.151 e. The highest BCUT2D eigenvalue weighted by atomic mass is 19.1. The van der Waals surface area contributed by atoms with Gasteiger partial charge in [-0.25, -0.2) is 4.39 Å². The molecule has 0 saturated carbocycles. The number of carbonyl (C=O) groups excluding carboxylic acids is 1. The van der Waals surface area contributed by atoms with Crippen molar-refractivity contribution in [3.8, 4) is 0 Å². The first-order chi connectivity index (χ1) is 11.9. The lowest BCUT2D eigenvalue weighted by molar-refractivity contribution is -0.117. The van der Waals surface area contributed by atoms with Crippen LogP contribution < -0.4 is 0 Å². The largest absolute Gasteiger partial charge is 0.393 e. The molecule has 0 radical (unpaired) electrons. The molecule has 1 N–H and O–H groups in total. The lowest BCUT2D eigenvalue weighted by atomic mass is 9.93. The minimum Gasteiger partial charge on any atom is -0.393 e. The average Bonchev–Trinajstić information content (AvgIpc) is 2.77. The summed E-state index contributed by atoms with van der Waals surface area (Å²) >= 11 is 0. The molecule has 0 spiro atoms. The van der Waals surface area contributed by atoms with Crippen molar-refractivity contribution in [2.24, 2.45) is 0 Å². The lowest BCUT2D eigenvalue weighted by Gasteiger charge is -2.37. The lowest BCUT2D eigenvalue weighted by Crippen LogP contribution is -2.43. The summed E-state index contributed by atoms with van der Waals surface area (Å²) in [6.45, 7) is 6.76. The second-order valence-corrected chi connectivity index (χ2v) is 7.44. The SMILES string of the molecule is C=C(c1nn(CC(C)=O)c2c1CCCCC2)N1CCC(F)(CO)CC1. The number of fused-ring (bicyclic) bond motifs is 1. The number of rotatable bonds is 5. The number of halogens is 1. The summed E-state index contributed by atoms with van der Waals surface area (Å²) in [5, 5.41) is 13.9. The van der Waals surface area contributed by atoms with E-state index in [9.17, 15) is 14.3 Å². The molecule has 6 heteroatoms. The average molecular weight is 349 g/mol. The first-order valence-corrected chi connectivity index (χ1v) is 9.25. The van der Waals surface area contributed by atoms with E-state index in [0.29, 0.717) is 32.5 Å². The molecule has 0 aromatic carbocycles. The number of alkyl halides is 1. The number of carbonyl (C=O) groups is 1. The maximum Gasteiger partial charge on any atom is 0.151 e. The molecule has 1 fully saturated rings. The van der Waals surface area contributed by atoms with Gasteiger partial charge in [-0.1, -0.05) is 13.0 Å². The molecule has 0 amide bonds. The van der Waals surface area contributed by atoms with Crippen molar-refractivity contribution >= 4 is 11.5 Å². The van der Waals surface area contributed by atoms with Gasteiger partial charge in [0.25, 0.3) is 0 Å². The van der Waals surface area contributed by atoms with E-state index in [1.165, 1.54) is 12.0 Å². The third-order valence-electron chi connectivity index (χ3n) is 5.48. The Bertz CT molecular complexity index is 660. The molecule has 1 aliphatic carbocycles. The van der Waals surface area contributed by atoms with Crippen LogP contribution in [0.15, 0.2) is 6.58 Å². The topological polar surface area (TPSA) is 58.4 Å². The summed E-state index contributed by atoms with van der Waals surface area (Å²) in [5.41, 5.74) is 2.59. The van der Waals surface area contributed by atoms with E-state index in [-0.39, 0.29) is 5.78 Å². The first-order valence-electron chi connectivity index (χ1n) is 9.25.